The van der Waals surface area contributed by atoms with E-state index in [-0.39, 0.29) is 4.90 Å². The van der Waals surface area contributed by atoms with Crippen molar-refractivity contribution in [1.82, 2.24) is 0 Å². The second-order valence-electron chi connectivity index (χ2n) is 4.41. The molecule has 0 aromatic heterocycles. The summed E-state index contributed by atoms with van der Waals surface area (Å²) in [7, 11) is -13.7. The maximum Gasteiger partial charge on any atom is 0.196 e. The summed E-state index contributed by atoms with van der Waals surface area (Å²) in [5.74, 6) is -0.629. The number of rotatable bonds is 3. The fourth-order valence-electron chi connectivity index (χ4n) is 2.18. The lowest BCUT2D eigenvalue weighted by atomic mass is 10.4. The maximum atomic E-state index is 12.3. The molecule has 1 fully saturated rings. The average Bonchev–Trinajstić information content (AvgIpc) is 2.66. The van der Waals surface area contributed by atoms with Gasteiger partial charge >= 0.3 is 0 Å². The lowest BCUT2D eigenvalue weighted by Crippen LogP contribution is -2.39. The van der Waals surface area contributed by atoms with Gasteiger partial charge in [0.1, 0.15) is 0 Å². The molecule has 1 aromatic carbocycles. The second kappa shape index (κ2) is 4.79. The Bertz CT molecular complexity index is 807. The first-order valence-corrected chi connectivity index (χ1v) is 10.3. The third-order valence-electron chi connectivity index (χ3n) is 3.09. The molecule has 20 heavy (non-hydrogen) atoms. The van der Waals surface area contributed by atoms with Gasteiger partial charge in [-0.1, -0.05) is 18.2 Å². The van der Waals surface area contributed by atoms with Gasteiger partial charge in [0.05, 0.1) is 26.0 Å². The van der Waals surface area contributed by atoms with E-state index in [9.17, 15) is 29.8 Å². The lowest BCUT2D eigenvalue weighted by Gasteiger charge is -2.21. The first-order valence-electron chi connectivity index (χ1n) is 5.52. The molecule has 0 amide bonds. The Morgan fingerprint density at radius 3 is 2.10 bits per heavy atom. The van der Waals surface area contributed by atoms with Gasteiger partial charge in [-0.2, -0.15) is 0 Å². The number of hydrogen-bond donors (Lipinski definition) is 0. The van der Waals surface area contributed by atoms with E-state index in [0.29, 0.717) is 0 Å². The quantitative estimate of drug-likeness (QED) is 0.681. The minimum absolute atomic E-state index is 0.316. The van der Waals surface area contributed by atoms with Crippen LogP contribution in [-0.2, 0) is 29.8 Å². The molecule has 112 valence electrons. The summed E-state index contributed by atoms with van der Waals surface area (Å²) in [5.41, 5.74) is 0. The van der Waals surface area contributed by atoms with Crippen LogP contribution in [0.2, 0.25) is 0 Å². The molecule has 0 aliphatic carbocycles. The highest BCUT2D eigenvalue weighted by molar-refractivity contribution is 8.10. The van der Waals surface area contributed by atoms with Crippen molar-refractivity contribution in [2.45, 2.75) is 21.1 Å². The van der Waals surface area contributed by atoms with Gasteiger partial charge in [-0.05, 0) is 18.6 Å². The first-order chi connectivity index (χ1) is 9.07. The Hall–Kier alpha value is -0.970. The lowest BCUT2D eigenvalue weighted by molar-refractivity contribution is 0.448. The second-order valence-corrected chi connectivity index (χ2v) is 10.6. The highest BCUT2D eigenvalue weighted by atomic mass is 32.3. The molecule has 10 heteroatoms. The molecule has 0 N–H and O–H groups in total. The zero-order valence-corrected chi connectivity index (χ0v) is 12.5. The van der Waals surface area contributed by atoms with Crippen LogP contribution in [0.4, 0.5) is 0 Å². The molecule has 1 saturated heterocycles. The maximum absolute atomic E-state index is 12.3. The normalized spacial score (nSPS) is 26.4. The van der Waals surface area contributed by atoms with Crippen LogP contribution >= 0.6 is 0 Å². The summed E-state index contributed by atoms with van der Waals surface area (Å²) >= 11 is 0. The predicted octanol–water partition coefficient (Wildman–Crippen LogP) is -0.481. The fourth-order valence-corrected chi connectivity index (χ4v) is 9.69. The summed E-state index contributed by atoms with van der Waals surface area (Å²) in [6.07, 6.45) is -0.495. The molecule has 0 saturated carbocycles. The zero-order valence-electron chi connectivity index (χ0n) is 10.0. The molecule has 0 unspecified atom stereocenters. The van der Waals surface area contributed by atoms with E-state index in [2.05, 4.69) is 0 Å². The Kier molecular flexibility index (Phi) is 3.70. The topological polar surface area (TPSA) is 125 Å². The van der Waals surface area contributed by atoms with Crippen LogP contribution in [-0.4, -0.2) is 45.4 Å². The van der Waals surface area contributed by atoms with Crippen molar-refractivity contribution in [2.24, 2.45) is 0 Å². The Balaban J connectivity index is 2.64. The third-order valence-corrected chi connectivity index (χ3v) is 10.0. The van der Waals surface area contributed by atoms with E-state index >= 15 is 0 Å². The van der Waals surface area contributed by atoms with Gasteiger partial charge in [0.2, 0.25) is 0 Å². The minimum atomic E-state index is -5.02. The van der Waals surface area contributed by atoms with E-state index in [1.165, 1.54) is 18.2 Å². The standard InChI is InChI=1S/C10H12O7S3/c11-18(12)7-6-9(20(15,16)17)10(18)19(13,14)8-4-2-1-3-5-8/h1-5,9-10H,6-7H2,(H,15,16,17)/p-1/t9-,10-/m0/s1. The average molecular weight is 339 g/mol. The molecule has 1 heterocycles. The van der Waals surface area contributed by atoms with Crippen LogP contribution < -0.4 is 0 Å². The third kappa shape index (κ3) is 2.60. The minimum Gasteiger partial charge on any atom is -0.748 e. The smallest absolute Gasteiger partial charge is 0.196 e. The zero-order chi connectivity index (χ0) is 15.2. The van der Waals surface area contributed by atoms with Gasteiger partial charge in [-0.3, -0.25) is 0 Å². The van der Waals surface area contributed by atoms with Gasteiger partial charge in [0, 0.05) is 0 Å². The van der Waals surface area contributed by atoms with Crippen LogP contribution in [0.15, 0.2) is 35.2 Å². The van der Waals surface area contributed by atoms with E-state index in [1.54, 1.807) is 0 Å². The molecule has 2 atom stereocenters. The van der Waals surface area contributed by atoms with Crippen LogP contribution in [0, 0.1) is 0 Å². The van der Waals surface area contributed by atoms with E-state index in [4.69, 9.17) is 0 Å². The molecule has 7 nitrogen and oxygen atoms in total. The van der Waals surface area contributed by atoms with Crippen molar-refractivity contribution in [3.8, 4) is 0 Å². The van der Waals surface area contributed by atoms with Crippen molar-refractivity contribution >= 4 is 29.8 Å². The van der Waals surface area contributed by atoms with Crippen LogP contribution in [0.1, 0.15) is 6.42 Å². The van der Waals surface area contributed by atoms with Gasteiger partial charge in [-0.25, -0.2) is 25.3 Å². The number of sulfone groups is 2. The van der Waals surface area contributed by atoms with Crippen molar-refractivity contribution in [2.75, 3.05) is 5.75 Å². The molecule has 1 aliphatic heterocycles. The molecule has 0 spiro atoms. The van der Waals surface area contributed by atoms with Gasteiger partial charge in [0.25, 0.3) is 0 Å². The predicted molar refractivity (Wildman–Crippen MR) is 69.3 cm³/mol. The van der Waals surface area contributed by atoms with Crippen molar-refractivity contribution < 1.29 is 29.8 Å². The highest BCUT2D eigenvalue weighted by Crippen LogP contribution is 2.33. The van der Waals surface area contributed by atoms with Gasteiger partial charge in [0.15, 0.2) is 24.3 Å². The molecule has 0 radical (unpaired) electrons. The highest BCUT2D eigenvalue weighted by Gasteiger charge is 2.52. The molecular formula is C10H11O7S3-. The monoisotopic (exact) mass is 339 g/mol. The molecule has 1 aromatic rings. The Labute approximate surface area is 117 Å². The van der Waals surface area contributed by atoms with E-state index in [0.717, 1.165) is 12.1 Å². The van der Waals surface area contributed by atoms with Crippen LogP contribution in [0.5, 0.6) is 0 Å². The van der Waals surface area contributed by atoms with Crippen LogP contribution in [0.25, 0.3) is 0 Å². The van der Waals surface area contributed by atoms with Crippen molar-refractivity contribution in [1.29, 1.82) is 0 Å². The largest absolute Gasteiger partial charge is 0.748 e. The van der Waals surface area contributed by atoms with Crippen molar-refractivity contribution in [3.05, 3.63) is 30.3 Å². The number of hydrogen-bond acceptors (Lipinski definition) is 7. The Morgan fingerprint density at radius 1 is 1.05 bits per heavy atom. The summed E-state index contributed by atoms with van der Waals surface area (Å²) < 4.78 is 79.5. The Morgan fingerprint density at radius 2 is 1.60 bits per heavy atom. The van der Waals surface area contributed by atoms with E-state index in [1.807, 2.05) is 0 Å². The van der Waals surface area contributed by atoms with Crippen molar-refractivity contribution in [3.63, 3.8) is 0 Å². The van der Waals surface area contributed by atoms with Crippen LogP contribution in [0.3, 0.4) is 0 Å². The summed E-state index contributed by atoms with van der Waals surface area (Å²) in [6.45, 7) is 0. The summed E-state index contributed by atoms with van der Waals surface area (Å²) in [5, 5.41) is -1.96. The molecule has 1 aliphatic rings. The number of benzene rings is 1. The summed E-state index contributed by atoms with van der Waals surface area (Å²) in [6, 6.07) is 6.63. The van der Waals surface area contributed by atoms with E-state index < -0.39 is 51.8 Å². The molecule has 0 bridgehead atoms. The van der Waals surface area contributed by atoms with Gasteiger partial charge in [-0.15, -0.1) is 0 Å². The molecule has 2 rings (SSSR count). The first kappa shape index (κ1) is 15.4. The summed E-state index contributed by atoms with van der Waals surface area (Å²) in [4.78, 5) is -0.316. The fraction of sp³-hybridized carbons (Fsp3) is 0.400. The SMILES string of the molecule is O=S(=O)([O-])[C@H]1CCS(=O)(=O)[C@H]1S(=O)(=O)c1ccccc1. The molecular weight excluding hydrogens is 328 g/mol. The van der Waals surface area contributed by atoms with Gasteiger partial charge < -0.3 is 4.55 Å².